The molecular formula is C24H21N5O2. The summed E-state index contributed by atoms with van der Waals surface area (Å²) in [6, 6.07) is 22.0. The fourth-order valence-electron chi connectivity index (χ4n) is 3.29. The van der Waals surface area contributed by atoms with E-state index in [1.54, 1.807) is 38.4 Å². The van der Waals surface area contributed by atoms with E-state index < -0.39 is 5.91 Å². The lowest BCUT2D eigenvalue weighted by molar-refractivity contribution is 0.0827. The van der Waals surface area contributed by atoms with Gasteiger partial charge in [-0.25, -0.2) is 0 Å². The van der Waals surface area contributed by atoms with Gasteiger partial charge in [0.15, 0.2) is 5.82 Å². The van der Waals surface area contributed by atoms with Crippen molar-refractivity contribution in [2.45, 2.75) is 0 Å². The number of nitrogens with two attached hydrogens (primary N) is 1. The number of carbonyl (C=O) groups is 2. The lowest BCUT2D eigenvalue weighted by Crippen LogP contribution is -2.21. The Morgan fingerprint density at radius 1 is 0.806 bits per heavy atom. The quantitative estimate of drug-likeness (QED) is 0.520. The molecule has 2 amide bonds. The zero-order chi connectivity index (χ0) is 22.0. The van der Waals surface area contributed by atoms with Gasteiger partial charge in [0.2, 0.25) is 5.91 Å². The van der Waals surface area contributed by atoms with Crippen LogP contribution in [0.5, 0.6) is 0 Å². The lowest BCUT2D eigenvalue weighted by atomic mass is 10.0. The maximum absolute atomic E-state index is 12.1. The van der Waals surface area contributed by atoms with E-state index in [1.807, 2.05) is 48.5 Å². The molecule has 0 spiro atoms. The fourth-order valence-corrected chi connectivity index (χ4v) is 3.29. The van der Waals surface area contributed by atoms with Gasteiger partial charge in [0, 0.05) is 47.2 Å². The van der Waals surface area contributed by atoms with Gasteiger partial charge < -0.3 is 16.0 Å². The molecule has 0 saturated carbocycles. The van der Waals surface area contributed by atoms with Gasteiger partial charge in [0.05, 0.1) is 0 Å². The summed E-state index contributed by atoms with van der Waals surface area (Å²) in [7, 11) is 3.44. The van der Waals surface area contributed by atoms with E-state index in [9.17, 15) is 9.59 Å². The average Bonchev–Trinajstić information content (AvgIpc) is 2.79. The summed E-state index contributed by atoms with van der Waals surface area (Å²) in [6.45, 7) is 0. The average molecular weight is 411 g/mol. The molecule has 0 aliphatic rings. The highest BCUT2D eigenvalue weighted by atomic mass is 16.2. The number of carbonyl (C=O) groups excluding carboxylic acids is 2. The van der Waals surface area contributed by atoms with E-state index in [2.05, 4.69) is 15.5 Å². The third-order valence-corrected chi connectivity index (χ3v) is 4.93. The van der Waals surface area contributed by atoms with Gasteiger partial charge in [-0.2, -0.15) is 0 Å². The smallest absolute Gasteiger partial charge is 0.253 e. The number of fused-ring (bicyclic) bond motifs is 1. The van der Waals surface area contributed by atoms with Crippen LogP contribution in [0.4, 0.5) is 11.5 Å². The Bertz CT molecular complexity index is 1270. The molecule has 4 rings (SSSR count). The van der Waals surface area contributed by atoms with Crippen molar-refractivity contribution in [2.75, 3.05) is 19.4 Å². The highest BCUT2D eigenvalue weighted by molar-refractivity contribution is 6.01. The van der Waals surface area contributed by atoms with Crippen LogP contribution in [0, 0.1) is 0 Å². The molecule has 3 aromatic carbocycles. The van der Waals surface area contributed by atoms with Gasteiger partial charge in [-0.15, -0.1) is 10.2 Å². The maximum atomic E-state index is 12.1. The van der Waals surface area contributed by atoms with Crippen LogP contribution in [0.1, 0.15) is 20.7 Å². The van der Waals surface area contributed by atoms with Crippen LogP contribution in [0.15, 0.2) is 72.8 Å². The second-order valence-corrected chi connectivity index (χ2v) is 7.29. The number of hydrogen-bond acceptors (Lipinski definition) is 5. The van der Waals surface area contributed by atoms with E-state index in [0.29, 0.717) is 22.6 Å². The molecule has 154 valence electrons. The fraction of sp³-hybridized carbons (Fsp3) is 0.0833. The standard InChI is InChI=1S/C24H21N5O2/c1-29(2)24(31)17-11-13-18(14-12-17)26-23-20-6-4-3-5-19(20)21(27-28-23)15-7-9-16(10-8-15)22(25)30/h3-14H,1-2H3,(H2,25,30)(H,26,28). The van der Waals surface area contributed by atoms with E-state index >= 15 is 0 Å². The van der Waals surface area contributed by atoms with E-state index in [0.717, 1.165) is 22.0 Å². The first-order valence-corrected chi connectivity index (χ1v) is 9.68. The number of amides is 2. The maximum Gasteiger partial charge on any atom is 0.253 e. The number of rotatable bonds is 5. The molecular weight excluding hydrogens is 390 g/mol. The van der Waals surface area contributed by atoms with Crippen LogP contribution in [0.25, 0.3) is 22.0 Å². The number of benzene rings is 3. The molecule has 7 nitrogen and oxygen atoms in total. The summed E-state index contributed by atoms with van der Waals surface area (Å²) in [5, 5.41) is 13.9. The van der Waals surface area contributed by atoms with Crippen LogP contribution < -0.4 is 11.1 Å². The van der Waals surface area contributed by atoms with Crippen LogP contribution in [-0.4, -0.2) is 41.0 Å². The predicted octanol–water partition coefficient (Wildman–Crippen LogP) is 3.84. The number of nitrogens with one attached hydrogen (secondary N) is 1. The molecule has 0 saturated heterocycles. The molecule has 1 heterocycles. The first kappa shape index (κ1) is 20.0. The first-order valence-electron chi connectivity index (χ1n) is 9.68. The Morgan fingerprint density at radius 3 is 2.03 bits per heavy atom. The Balaban J connectivity index is 1.68. The number of anilines is 2. The largest absolute Gasteiger partial charge is 0.366 e. The van der Waals surface area contributed by atoms with Crippen molar-refractivity contribution in [2.24, 2.45) is 5.73 Å². The van der Waals surface area contributed by atoms with Crippen molar-refractivity contribution in [1.29, 1.82) is 0 Å². The van der Waals surface area contributed by atoms with Crippen LogP contribution in [-0.2, 0) is 0 Å². The number of nitrogens with zero attached hydrogens (tertiary/aromatic N) is 3. The van der Waals surface area contributed by atoms with E-state index in [-0.39, 0.29) is 5.91 Å². The van der Waals surface area contributed by atoms with Crippen molar-refractivity contribution in [3.05, 3.63) is 83.9 Å². The first-order chi connectivity index (χ1) is 14.9. The van der Waals surface area contributed by atoms with Crippen LogP contribution in [0.2, 0.25) is 0 Å². The molecule has 0 atom stereocenters. The van der Waals surface area contributed by atoms with Gasteiger partial charge in [0.25, 0.3) is 5.91 Å². The molecule has 0 fully saturated rings. The van der Waals surface area contributed by atoms with E-state index in [1.165, 1.54) is 4.90 Å². The monoisotopic (exact) mass is 411 g/mol. The van der Waals surface area contributed by atoms with Gasteiger partial charge >= 0.3 is 0 Å². The van der Waals surface area contributed by atoms with Crippen molar-refractivity contribution in [3.63, 3.8) is 0 Å². The minimum absolute atomic E-state index is 0.0523. The summed E-state index contributed by atoms with van der Waals surface area (Å²) in [5.41, 5.74) is 8.73. The summed E-state index contributed by atoms with van der Waals surface area (Å²) in [4.78, 5) is 25.0. The Morgan fingerprint density at radius 2 is 1.42 bits per heavy atom. The van der Waals surface area contributed by atoms with Crippen molar-refractivity contribution < 1.29 is 9.59 Å². The lowest BCUT2D eigenvalue weighted by Gasteiger charge is -2.13. The zero-order valence-corrected chi connectivity index (χ0v) is 17.2. The molecule has 7 heteroatoms. The number of primary amides is 1. The molecule has 0 aliphatic carbocycles. The third kappa shape index (κ3) is 4.06. The molecule has 1 aromatic heterocycles. The molecule has 0 unspecified atom stereocenters. The molecule has 3 N–H and O–H groups in total. The molecule has 0 radical (unpaired) electrons. The highest BCUT2D eigenvalue weighted by Crippen LogP contribution is 2.31. The van der Waals surface area contributed by atoms with Crippen molar-refractivity contribution >= 4 is 34.1 Å². The highest BCUT2D eigenvalue weighted by Gasteiger charge is 2.12. The van der Waals surface area contributed by atoms with Crippen LogP contribution >= 0.6 is 0 Å². The molecule has 0 bridgehead atoms. The SMILES string of the molecule is CN(C)C(=O)c1ccc(Nc2nnc(-c3ccc(C(N)=O)cc3)c3ccccc23)cc1. The van der Waals surface area contributed by atoms with Crippen LogP contribution in [0.3, 0.4) is 0 Å². The van der Waals surface area contributed by atoms with Gasteiger partial charge in [-0.1, -0.05) is 36.4 Å². The van der Waals surface area contributed by atoms with Gasteiger partial charge in [-0.05, 0) is 36.4 Å². The Kier molecular flexibility index (Phi) is 5.32. The second-order valence-electron chi connectivity index (χ2n) is 7.29. The molecule has 0 aliphatic heterocycles. The topological polar surface area (TPSA) is 101 Å². The second kappa shape index (κ2) is 8.23. The summed E-state index contributed by atoms with van der Waals surface area (Å²) in [6.07, 6.45) is 0. The zero-order valence-electron chi connectivity index (χ0n) is 17.2. The predicted molar refractivity (Wildman–Crippen MR) is 121 cm³/mol. The summed E-state index contributed by atoms with van der Waals surface area (Å²) >= 11 is 0. The number of aromatic nitrogens is 2. The van der Waals surface area contributed by atoms with Crippen molar-refractivity contribution in [3.8, 4) is 11.3 Å². The molecule has 4 aromatic rings. The van der Waals surface area contributed by atoms with Gasteiger partial charge in [-0.3, -0.25) is 9.59 Å². The van der Waals surface area contributed by atoms with E-state index in [4.69, 9.17) is 5.73 Å². The molecule has 31 heavy (non-hydrogen) atoms. The third-order valence-electron chi connectivity index (χ3n) is 4.93. The summed E-state index contributed by atoms with van der Waals surface area (Å²) < 4.78 is 0. The minimum atomic E-state index is -0.472. The number of hydrogen-bond donors (Lipinski definition) is 2. The van der Waals surface area contributed by atoms with Crippen molar-refractivity contribution in [1.82, 2.24) is 15.1 Å². The Labute approximate surface area is 179 Å². The normalized spacial score (nSPS) is 10.6. The Hall–Kier alpha value is -4.26. The minimum Gasteiger partial charge on any atom is -0.366 e. The summed E-state index contributed by atoms with van der Waals surface area (Å²) in [5.74, 6) is 0.0867. The van der Waals surface area contributed by atoms with Gasteiger partial charge in [0.1, 0.15) is 5.69 Å².